The number of carboxylic acid groups (broad SMARTS) is 1. The minimum absolute atomic E-state index is 0.0130. The lowest BCUT2D eigenvalue weighted by Gasteiger charge is -2.31. The standard InChI is InChI=1S/C16H22F3N3O3/c1-10-13(11(2)22(20-10)9-16(17,18)19)8-14(23)21-5-3-12(4-6-21)7-15(24)25/h12H,3-9H2,1-2H3,(H,24,25). The molecule has 0 bridgehead atoms. The van der Waals surface area contributed by atoms with Crippen LogP contribution >= 0.6 is 0 Å². The van der Waals surface area contributed by atoms with Gasteiger partial charge in [0.25, 0.3) is 0 Å². The maximum Gasteiger partial charge on any atom is 0.408 e. The van der Waals surface area contributed by atoms with Crippen LogP contribution in [0.5, 0.6) is 0 Å². The van der Waals surface area contributed by atoms with Gasteiger partial charge in [-0.1, -0.05) is 0 Å². The van der Waals surface area contributed by atoms with E-state index in [9.17, 15) is 22.8 Å². The van der Waals surface area contributed by atoms with Gasteiger partial charge in [0.15, 0.2) is 0 Å². The Kier molecular flexibility index (Phi) is 5.74. The highest BCUT2D eigenvalue weighted by Crippen LogP contribution is 2.24. The van der Waals surface area contributed by atoms with Crippen LogP contribution in [0.4, 0.5) is 13.2 Å². The molecule has 2 heterocycles. The number of amides is 1. The van der Waals surface area contributed by atoms with Crippen LogP contribution in [0, 0.1) is 19.8 Å². The van der Waals surface area contributed by atoms with Crippen LogP contribution in [-0.4, -0.2) is 50.9 Å². The molecule has 25 heavy (non-hydrogen) atoms. The van der Waals surface area contributed by atoms with Gasteiger partial charge in [-0.2, -0.15) is 18.3 Å². The van der Waals surface area contributed by atoms with Crippen LogP contribution in [0.1, 0.15) is 36.2 Å². The Bertz CT molecular complexity index is 647. The summed E-state index contributed by atoms with van der Waals surface area (Å²) in [7, 11) is 0. The molecule has 0 aliphatic carbocycles. The minimum atomic E-state index is -4.36. The van der Waals surface area contributed by atoms with Crippen molar-refractivity contribution in [2.75, 3.05) is 13.1 Å². The number of hydrogen-bond donors (Lipinski definition) is 1. The summed E-state index contributed by atoms with van der Waals surface area (Å²) in [6, 6.07) is 0. The number of halogens is 3. The molecule has 0 radical (unpaired) electrons. The van der Waals surface area contributed by atoms with E-state index in [-0.39, 0.29) is 24.7 Å². The van der Waals surface area contributed by atoms with E-state index in [0.29, 0.717) is 42.9 Å². The molecule has 1 N–H and O–H groups in total. The van der Waals surface area contributed by atoms with Crippen LogP contribution < -0.4 is 0 Å². The van der Waals surface area contributed by atoms with Crippen LogP contribution in [0.2, 0.25) is 0 Å². The second-order valence-corrected chi connectivity index (χ2v) is 6.52. The Hall–Kier alpha value is -2.06. The maximum absolute atomic E-state index is 12.6. The molecule has 0 aromatic carbocycles. The van der Waals surface area contributed by atoms with Gasteiger partial charge >= 0.3 is 12.1 Å². The molecule has 0 saturated carbocycles. The lowest BCUT2D eigenvalue weighted by molar-refractivity contribution is -0.143. The average molecular weight is 361 g/mol. The quantitative estimate of drug-likeness (QED) is 0.873. The molecule has 0 atom stereocenters. The molecule has 1 aliphatic heterocycles. The summed E-state index contributed by atoms with van der Waals surface area (Å²) in [4.78, 5) is 24.8. The molecular formula is C16H22F3N3O3. The third-order valence-electron chi connectivity index (χ3n) is 4.62. The van der Waals surface area contributed by atoms with Gasteiger partial charge in [0.2, 0.25) is 5.91 Å². The predicted octanol–water partition coefficient (Wildman–Crippen LogP) is 2.32. The Morgan fingerprint density at radius 1 is 1.24 bits per heavy atom. The molecule has 1 saturated heterocycles. The number of aliphatic carboxylic acids is 1. The molecule has 140 valence electrons. The van der Waals surface area contributed by atoms with Gasteiger partial charge in [-0.25, -0.2) is 0 Å². The van der Waals surface area contributed by atoms with E-state index >= 15 is 0 Å². The first kappa shape index (κ1) is 19.3. The van der Waals surface area contributed by atoms with Crippen molar-refractivity contribution in [1.82, 2.24) is 14.7 Å². The number of carboxylic acids is 1. The molecule has 0 unspecified atom stereocenters. The maximum atomic E-state index is 12.6. The fraction of sp³-hybridized carbons (Fsp3) is 0.688. The second-order valence-electron chi connectivity index (χ2n) is 6.52. The number of alkyl halides is 3. The number of likely N-dealkylation sites (tertiary alicyclic amines) is 1. The molecular weight excluding hydrogens is 339 g/mol. The zero-order chi connectivity index (χ0) is 18.8. The molecule has 9 heteroatoms. The number of nitrogens with zero attached hydrogens (tertiary/aromatic N) is 3. The number of aromatic nitrogens is 2. The molecule has 1 fully saturated rings. The van der Waals surface area contributed by atoms with Crippen molar-refractivity contribution in [3.8, 4) is 0 Å². The Balaban J connectivity index is 1.98. The van der Waals surface area contributed by atoms with E-state index in [4.69, 9.17) is 5.11 Å². The van der Waals surface area contributed by atoms with E-state index in [1.54, 1.807) is 11.8 Å². The number of carbonyl (C=O) groups excluding carboxylic acids is 1. The van der Waals surface area contributed by atoms with Crippen LogP contribution in [0.3, 0.4) is 0 Å². The van der Waals surface area contributed by atoms with Gasteiger partial charge in [-0.3, -0.25) is 14.3 Å². The Morgan fingerprint density at radius 2 is 1.84 bits per heavy atom. The Morgan fingerprint density at radius 3 is 2.36 bits per heavy atom. The molecule has 2 rings (SSSR count). The van der Waals surface area contributed by atoms with Crippen LogP contribution in [0.25, 0.3) is 0 Å². The number of carbonyl (C=O) groups is 2. The van der Waals surface area contributed by atoms with E-state index < -0.39 is 18.7 Å². The van der Waals surface area contributed by atoms with E-state index in [1.807, 2.05) is 0 Å². The van der Waals surface area contributed by atoms with Gasteiger partial charge < -0.3 is 10.0 Å². The van der Waals surface area contributed by atoms with Crippen molar-refractivity contribution in [3.63, 3.8) is 0 Å². The van der Waals surface area contributed by atoms with Gasteiger partial charge in [-0.15, -0.1) is 0 Å². The first-order valence-electron chi connectivity index (χ1n) is 8.16. The first-order chi connectivity index (χ1) is 11.6. The molecule has 6 nitrogen and oxygen atoms in total. The fourth-order valence-electron chi connectivity index (χ4n) is 3.21. The van der Waals surface area contributed by atoms with Gasteiger partial charge in [-0.05, 0) is 32.6 Å². The smallest absolute Gasteiger partial charge is 0.408 e. The Labute approximate surface area is 143 Å². The third-order valence-corrected chi connectivity index (χ3v) is 4.62. The largest absolute Gasteiger partial charge is 0.481 e. The first-order valence-corrected chi connectivity index (χ1v) is 8.16. The predicted molar refractivity (Wildman–Crippen MR) is 83.0 cm³/mol. The summed E-state index contributed by atoms with van der Waals surface area (Å²) in [6.45, 7) is 2.92. The van der Waals surface area contributed by atoms with Crippen LogP contribution in [-0.2, 0) is 22.6 Å². The summed E-state index contributed by atoms with van der Waals surface area (Å²) < 4.78 is 38.6. The van der Waals surface area contributed by atoms with E-state index in [2.05, 4.69) is 5.10 Å². The van der Waals surface area contributed by atoms with Crippen molar-refractivity contribution >= 4 is 11.9 Å². The third kappa shape index (κ3) is 5.20. The molecule has 0 spiro atoms. The monoisotopic (exact) mass is 361 g/mol. The lowest BCUT2D eigenvalue weighted by Crippen LogP contribution is -2.39. The van der Waals surface area contributed by atoms with Gasteiger partial charge in [0, 0.05) is 30.8 Å². The normalized spacial score (nSPS) is 16.3. The van der Waals surface area contributed by atoms with E-state index in [1.165, 1.54) is 6.92 Å². The summed E-state index contributed by atoms with van der Waals surface area (Å²) in [5.41, 5.74) is 1.31. The summed E-state index contributed by atoms with van der Waals surface area (Å²) >= 11 is 0. The van der Waals surface area contributed by atoms with Crippen molar-refractivity contribution in [2.24, 2.45) is 5.92 Å². The number of piperidine rings is 1. The van der Waals surface area contributed by atoms with Crippen molar-refractivity contribution in [2.45, 2.75) is 52.3 Å². The number of aryl methyl sites for hydroxylation is 1. The average Bonchev–Trinajstić information content (AvgIpc) is 2.73. The molecule has 1 amide bonds. The van der Waals surface area contributed by atoms with E-state index in [0.717, 1.165) is 4.68 Å². The zero-order valence-corrected chi connectivity index (χ0v) is 14.3. The van der Waals surface area contributed by atoms with Crippen molar-refractivity contribution in [3.05, 3.63) is 17.0 Å². The SMILES string of the molecule is Cc1nn(CC(F)(F)F)c(C)c1CC(=O)N1CCC(CC(=O)O)CC1. The molecule has 1 aromatic heterocycles. The number of rotatable bonds is 5. The van der Waals surface area contributed by atoms with Gasteiger partial charge in [0.1, 0.15) is 6.54 Å². The molecule has 1 aliphatic rings. The van der Waals surface area contributed by atoms with Crippen molar-refractivity contribution < 1.29 is 27.9 Å². The summed E-state index contributed by atoms with van der Waals surface area (Å²) in [6.07, 6.45) is -2.99. The summed E-state index contributed by atoms with van der Waals surface area (Å²) in [5.74, 6) is -0.931. The zero-order valence-electron chi connectivity index (χ0n) is 14.3. The highest BCUT2D eigenvalue weighted by Gasteiger charge is 2.31. The van der Waals surface area contributed by atoms with Crippen LogP contribution in [0.15, 0.2) is 0 Å². The highest BCUT2D eigenvalue weighted by atomic mass is 19.4. The highest BCUT2D eigenvalue weighted by molar-refractivity contribution is 5.79. The van der Waals surface area contributed by atoms with Gasteiger partial charge in [0.05, 0.1) is 12.1 Å². The molecule has 1 aromatic rings. The minimum Gasteiger partial charge on any atom is -0.481 e. The topological polar surface area (TPSA) is 75.4 Å². The second kappa shape index (κ2) is 7.45. The van der Waals surface area contributed by atoms with Crippen molar-refractivity contribution in [1.29, 1.82) is 0 Å². The lowest BCUT2D eigenvalue weighted by atomic mass is 9.93. The number of hydrogen-bond acceptors (Lipinski definition) is 3. The summed E-state index contributed by atoms with van der Waals surface area (Å²) in [5, 5.41) is 12.7. The fourth-order valence-corrected chi connectivity index (χ4v) is 3.21.